The van der Waals surface area contributed by atoms with Gasteiger partial charge in [0.05, 0.1) is 12.8 Å². The number of carbonyl (C=O) groups excluding carboxylic acids is 1. The Balaban J connectivity index is 1.62. The van der Waals surface area contributed by atoms with Crippen LogP contribution in [0.25, 0.3) is 0 Å². The summed E-state index contributed by atoms with van der Waals surface area (Å²) in [6.45, 7) is 2.09. The Morgan fingerprint density at radius 2 is 2.08 bits per heavy atom. The van der Waals surface area contributed by atoms with Gasteiger partial charge in [0, 0.05) is 17.7 Å². The molecular formula is C19H20N2O3. The van der Waals surface area contributed by atoms with Gasteiger partial charge in [-0.15, -0.1) is 0 Å². The van der Waals surface area contributed by atoms with Crippen LogP contribution in [0.3, 0.4) is 0 Å². The second-order valence-corrected chi connectivity index (χ2v) is 5.61. The third-order valence-electron chi connectivity index (χ3n) is 3.99. The molecule has 0 saturated heterocycles. The summed E-state index contributed by atoms with van der Waals surface area (Å²) in [4.78, 5) is 17.6. The molecule has 1 amide bonds. The van der Waals surface area contributed by atoms with E-state index in [1.165, 1.54) is 5.56 Å². The van der Waals surface area contributed by atoms with Crippen molar-refractivity contribution in [2.45, 2.75) is 25.9 Å². The fraction of sp³-hybridized carbons (Fsp3) is 0.263. The summed E-state index contributed by atoms with van der Waals surface area (Å²) < 4.78 is 5.21. The van der Waals surface area contributed by atoms with E-state index in [0.717, 1.165) is 29.1 Å². The average Bonchev–Trinajstić information content (AvgIpc) is 3.13. The van der Waals surface area contributed by atoms with Crippen molar-refractivity contribution < 1.29 is 14.4 Å². The molecule has 0 radical (unpaired) electrons. The van der Waals surface area contributed by atoms with Crippen molar-refractivity contribution in [3.8, 4) is 5.75 Å². The quantitative estimate of drug-likeness (QED) is 0.917. The monoisotopic (exact) mass is 324 g/mol. The van der Waals surface area contributed by atoms with Gasteiger partial charge in [0.15, 0.2) is 0 Å². The maximum Gasteiger partial charge on any atom is 0.268 e. The number of aryl methyl sites for hydroxylation is 1. The second kappa shape index (κ2) is 7.17. The molecule has 0 spiro atoms. The molecule has 0 aliphatic carbocycles. The summed E-state index contributed by atoms with van der Waals surface area (Å²) in [5, 5.41) is 6.92. The van der Waals surface area contributed by atoms with E-state index in [1.54, 1.807) is 7.11 Å². The van der Waals surface area contributed by atoms with Crippen molar-refractivity contribution in [1.82, 2.24) is 0 Å². The first kappa shape index (κ1) is 16.1. The number of amides is 1. The minimum Gasteiger partial charge on any atom is -0.497 e. The summed E-state index contributed by atoms with van der Waals surface area (Å²) in [7, 11) is 1.62. The topological polar surface area (TPSA) is 59.9 Å². The van der Waals surface area contributed by atoms with Crippen LogP contribution < -0.4 is 10.1 Å². The summed E-state index contributed by atoms with van der Waals surface area (Å²) in [6.07, 6.45) is 0.793. The minimum atomic E-state index is -0.614. The largest absolute Gasteiger partial charge is 0.497 e. The van der Waals surface area contributed by atoms with Gasteiger partial charge in [0.25, 0.3) is 5.91 Å². The van der Waals surface area contributed by atoms with E-state index in [0.29, 0.717) is 6.42 Å². The fourth-order valence-corrected chi connectivity index (χ4v) is 2.54. The van der Waals surface area contributed by atoms with Gasteiger partial charge in [-0.1, -0.05) is 36.3 Å². The highest BCUT2D eigenvalue weighted by atomic mass is 16.6. The zero-order valence-electron chi connectivity index (χ0n) is 13.8. The fourth-order valence-electron chi connectivity index (χ4n) is 2.54. The predicted octanol–water partition coefficient (Wildman–Crippen LogP) is 3.39. The van der Waals surface area contributed by atoms with Crippen molar-refractivity contribution in [2.75, 3.05) is 12.4 Å². The molecule has 5 nitrogen and oxygen atoms in total. The van der Waals surface area contributed by atoms with Crippen LogP contribution in [0.1, 0.15) is 24.5 Å². The predicted molar refractivity (Wildman–Crippen MR) is 93.5 cm³/mol. The number of benzene rings is 2. The average molecular weight is 324 g/mol. The Labute approximate surface area is 141 Å². The van der Waals surface area contributed by atoms with Crippen molar-refractivity contribution in [1.29, 1.82) is 0 Å². The molecule has 0 bridgehead atoms. The Hall–Kier alpha value is -2.82. The molecule has 1 aliphatic heterocycles. The minimum absolute atomic E-state index is 0.194. The number of hydrogen-bond donors (Lipinski definition) is 1. The van der Waals surface area contributed by atoms with E-state index in [1.807, 2.05) is 48.5 Å². The summed E-state index contributed by atoms with van der Waals surface area (Å²) in [5.41, 5.74) is 3.64. The van der Waals surface area contributed by atoms with Crippen LogP contribution in [0.15, 0.2) is 53.7 Å². The van der Waals surface area contributed by atoms with E-state index in [-0.39, 0.29) is 5.91 Å². The lowest BCUT2D eigenvalue weighted by molar-refractivity contribution is -0.125. The Morgan fingerprint density at radius 3 is 2.79 bits per heavy atom. The van der Waals surface area contributed by atoms with Gasteiger partial charge in [0.1, 0.15) is 5.75 Å². The third kappa shape index (κ3) is 3.56. The molecule has 1 N–H and O–H groups in total. The van der Waals surface area contributed by atoms with Crippen LogP contribution in [-0.2, 0) is 16.1 Å². The van der Waals surface area contributed by atoms with Gasteiger partial charge in [-0.05, 0) is 36.2 Å². The van der Waals surface area contributed by atoms with E-state index in [4.69, 9.17) is 9.57 Å². The first-order chi connectivity index (χ1) is 11.7. The molecule has 24 heavy (non-hydrogen) atoms. The highest BCUT2D eigenvalue weighted by molar-refractivity contribution is 6.06. The Bertz CT molecular complexity index is 753. The molecule has 124 valence electrons. The molecule has 0 fully saturated rings. The van der Waals surface area contributed by atoms with Crippen molar-refractivity contribution in [2.24, 2.45) is 5.16 Å². The SMILES string of the molecule is CCc1ccc(NC(=O)[C@@H]2CC(c3cccc(OC)c3)=NO2)cc1. The van der Waals surface area contributed by atoms with Crippen LogP contribution >= 0.6 is 0 Å². The van der Waals surface area contributed by atoms with Gasteiger partial charge >= 0.3 is 0 Å². The molecule has 0 aromatic heterocycles. The molecule has 2 aromatic carbocycles. The highest BCUT2D eigenvalue weighted by Crippen LogP contribution is 2.21. The number of nitrogens with zero attached hydrogens (tertiary/aromatic N) is 1. The number of hydrogen-bond acceptors (Lipinski definition) is 4. The summed E-state index contributed by atoms with van der Waals surface area (Å²) in [6, 6.07) is 15.4. The molecule has 5 heteroatoms. The smallest absolute Gasteiger partial charge is 0.268 e. The van der Waals surface area contributed by atoms with Crippen LogP contribution in [0, 0.1) is 0 Å². The maximum atomic E-state index is 12.3. The van der Waals surface area contributed by atoms with Gasteiger partial charge < -0.3 is 14.9 Å². The number of anilines is 1. The summed E-state index contributed by atoms with van der Waals surface area (Å²) >= 11 is 0. The first-order valence-corrected chi connectivity index (χ1v) is 7.96. The number of ether oxygens (including phenoxy) is 1. The lowest BCUT2D eigenvalue weighted by Gasteiger charge is -2.10. The molecule has 0 saturated carbocycles. The molecule has 1 atom stereocenters. The van der Waals surface area contributed by atoms with Gasteiger partial charge in [-0.25, -0.2) is 0 Å². The third-order valence-corrected chi connectivity index (χ3v) is 3.99. The zero-order valence-corrected chi connectivity index (χ0v) is 13.8. The molecular weight excluding hydrogens is 304 g/mol. The molecule has 3 rings (SSSR count). The van der Waals surface area contributed by atoms with Gasteiger partial charge in [-0.3, -0.25) is 4.79 Å². The molecule has 1 heterocycles. The zero-order chi connectivity index (χ0) is 16.9. The second-order valence-electron chi connectivity index (χ2n) is 5.61. The number of oxime groups is 1. The molecule has 0 unspecified atom stereocenters. The number of methoxy groups -OCH3 is 1. The van der Waals surface area contributed by atoms with E-state index >= 15 is 0 Å². The number of rotatable bonds is 5. The summed E-state index contributed by atoms with van der Waals surface area (Å²) in [5.74, 6) is 0.556. The van der Waals surface area contributed by atoms with Crippen LogP contribution in [0.4, 0.5) is 5.69 Å². The maximum absolute atomic E-state index is 12.3. The lowest BCUT2D eigenvalue weighted by Crippen LogP contribution is -2.28. The van der Waals surface area contributed by atoms with Gasteiger partial charge in [0.2, 0.25) is 6.10 Å². The van der Waals surface area contributed by atoms with Crippen molar-refractivity contribution >= 4 is 17.3 Å². The Kier molecular flexibility index (Phi) is 4.79. The normalized spacial score (nSPS) is 16.2. The van der Waals surface area contributed by atoms with E-state index in [2.05, 4.69) is 17.4 Å². The van der Waals surface area contributed by atoms with Crippen molar-refractivity contribution in [3.05, 3.63) is 59.7 Å². The van der Waals surface area contributed by atoms with Crippen LogP contribution in [0.2, 0.25) is 0 Å². The first-order valence-electron chi connectivity index (χ1n) is 7.96. The van der Waals surface area contributed by atoms with E-state index < -0.39 is 6.10 Å². The Morgan fingerprint density at radius 1 is 1.29 bits per heavy atom. The van der Waals surface area contributed by atoms with Crippen LogP contribution in [0.5, 0.6) is 5.75 Å². The number of carbonyl (C=O) groups is 1. The molecule has 2 aromatic rings. The van der Waals surface area contributed by atoms with Crippen LogP contribution in [-0.4, -0.2) is 24.8 Å². The van der Waals surface area contributed by atoms with Gasteiger partial charge in [-0.2, -0.15) is 0 Å². The number of nitrogens with one attached hydrogen (secondary N) is 1. The lowest BCUT2D eigenvalue weighted by atomic mass is 10.0. The molecule has 1 aliphatic rings. The highest BCUT2D eigenvalue weighted by Gasteiger charge is 2.29. The van der Waals surface area contributed by atoms with Crippen molar-refractivity contribution in [3.63, 3.8) is 0 Å². The van der Waals surface area contributed by atoms with E-state index in [9.17, 15) is 4.79 Å². The standard InChI is InChI=1S/C19H20N2O3/c1-3-13-7-9-15(10-8-13)20-19(22)18-12-17(21-24-18)14-5-4-6-16(11-14)23-2/h4-11,18H,3,12H2,1-2H3,(H,20,22)/t18-/m0/s1.